The molecule has 1 aromatic heterocycles. The predicted octanol–water partition coefficient (Wildman–Crippen LogP) is 1.99. The van der Waals surface area contributed by atoms with Crippen LogP contribution in [0.4, 0.5) is 0 Å². The second-order valence-electron chi connectivity index (χ2n) is 4.75. The third-order valence-corrected chi connectivity index (χ3v) is 4.35. The van der Waals surface area contributed by atoms with E-state index in [4.69, 9.17) is 0 Å². The lowest BCUT2D eigenvalue weighted by atomic mass is 10.0. The number of sulfone groups is 1. The number of pyridine rings is 1. The monoisotopic (exact) mass is 290 g/mol. The fraction of sp³-hybridized carbons (Fsp3) is 0.267. The van der Waals surface area contributed by atoms with Crippen LogP contribution in [0.5, 0.6) is 0 Å². The van der Waals surface area contributed by atoms with Crippen LogP contribution in [0.1, 0.15) is 17.2 Å². The van der Waals surface area contributed by atoms with Crippen LogP contribution in [0.15, 0.2) is 53.7 Å². The van der Waals surface area contributed by atoms with E-state index < -0.39 is 9.84 Å². The third-order valence-electron chi connectivity index (χ3n) is 3.22. The average molecular weight is 290 g/mol. The summed E-state index contributed by atoms with van der Waals surface area (Å²) in [6.45, 7) is 0. The van der Waals surface area contributed by atoms with Crippen molar-refractivity contribution in [1.29, 1.82) is 0 Å². The maximum absolute atomic E-state index is 11.5. The van der Waals surface area contributed by atoms with Gasteiger partial charge in [-0.3, -0.25) is 4.98 Å². The SMILES string of the molecule is CNC(Cc1cccnc1)c1ccc(S(C)(=O)=O)cc1. The summed E-state index contributed by atoms with van der Waals surface area (Å²) in [5.74, 6) is 0. The highest BCUT2D eigenvalue weighted by Crippen LogP contribution is 2.19. The van der Waals surface area contributed by atoms with Crippen molar-refractivity contribution in [3.8, 4) is 0 Å². The zero-order valence-corrected chi connectivity index (χ0v) is 12.4. The number of likely N-dealkylation sites (N-methyl/N-ethyl adjacent to an activating group) is 1. The van der Waals surface area contributed by atoms with Crippen LogP contribution in [0.25, 0.3) is 0 Å². The molecule has 0 aliphatic carbocycles. The Kier molecular flexibility index (Phi) is 4.52. The number of rotatable bonds is 5. The molecule has 0 saturated heterocycles. The van der Waals surface area contributed by atoms with Gasteiger partial charge in [-0.1, -0.05) is 18.2 Å². The largest absolute Gasteiger partial charge is 0.313 e. The molecule has 1 aromatic carbocycles. The second kappa shape index (κ2) is 6.15. The van der Waals surface area contributed by atoms with Gasteiger partial charge in [-0.2, -0.15) is 0 Å². The summed E-state index contributed by atoms with van der Waals surface area (Å²) in [6, 6.07) is 11.1. The molecule has 0 aliphatic heterocycles. The Morgan fingerprint density at radius 3 is 2.40 bits per heavy atom. The van der Waals surface area contributed by atoms with Gasteiger partial charge in [0.15, 0.2) is 9.84 Å². The van der Waals surface area contributed by atoms with E-state index in [2.05, 4.69) is 10.3 Å². The highest BCUT2D eigenvalue weighted by atomic mass is 32.2. The van der Waals surface area contributed by atoms with Gasteiger partial charge >= 0.3 is 0 Å². The minimum atomic E-state index is -3.14. The lowest BCUT2D eigenvalue weighted by Gasteiger charge is -2.17. The van der Waals surface area contributed by atoms with Crippen LogP contribution < -0.4 is 5.32 Å². The molecule has 20 heavy (non-hydrogen) atoms. The molecule has 2 rings (SSSR count). The normalized spacial score (nSPS) is 13.1. The van der Waals surface area contributed by atoms with Crippen LogP contribution in [0.3, 0.4) is 0 Å². The smallest absolute Gasteiger partial charge is 0.175 e. The Labute approximate surface area is 119 Å². The molecule has 0 saturated carbocycles. The van der Waals surface area contributed by atoms with Gasteiger partial charge in [-0.05, 0) is 42.8 Å². The van der Waals surface area contributed by atoms with Crippen molar-refractivity contribution in [2.75, 3.05) is 13.3 Å². The van der Waals surface area contributed by atoms with Gasteiger partial charge in [0.2, 0.25) is 0 Å². The van der Waals surface area contributed by atoms with E-state index >= 15 is 0 Å². The van der Waals surface area contributed by atoms with Crippen molar-refractivity contribution in [2.24, 2.45) is 0 Å². The summed E-state index contributed by atoms with van der Waals surface area (Å²) < 4.78 is 22.9. The lowest BCUT2D eigenvalue weighted by molar-refractivity contribution is 0.589. The van der Waals surface area contributed by atoms with E-state index in [-0.39, 0.29) is 6.04 Å². The molecule has 106 valence electrons. The molecule has 1 unspecified atom stereocenters. The molecular formula is C15H18N2O2S. The van der Waals surface area contributed by atoms with Gasteiger partial charge in [0.05, 0.1) is 4.90 Å². The van der Waals surface area contributed by atoms with Gasteiger partial charge in [0.25, 0.3) is 0 Å². The van der Waals surface area contributed by atoms with Crippen molar-refractivity contribution in [2.45, 2.75) is 17.4 Å². The summed E-state index contributed by atoms with van der Waals surface area (Å²) in [5.41, 5.74) is 2.20. The zero-order chi connectivity index (χ0) is 14.6. The number of aromatic nitrogens is 1. The van der Waals surface area contributed by atoms with E-state index in [9.17, 15) is 8.42 Å². The van der Waals surface area contributed by atoms with Crippen LogP contribution >= 0.6 is 0 Å². The first kappa shape index (κ1) is 14.7. The summed E-state index contributed by atoms with van der Waals surface area (Å²) in [6.07, 6.45) is 5.61. The zero-order valence-electron chi connectivity index (χ0n) is 11.6. The number of benzene rings is 1. The molecule has 2 aromatic rings. The van der Waals surface area contributed by atoms with Gasteiger partial charge in [-0.25, -0.2) is 8.42 Å². The summed E-state index contributed by atoms with van der Waals surface area (Å²) in [5, 5.41) is 3.25. The molecule has 1 heterocycles. The van der Waals surface area contributed by atoms with E-state index in [1.165, 1.54) is 6.26 Å². The van der Waals surface area contributed by atoms with Crippen molar-refractivity contribution in [3.05, 3.63) is 59.9 Å². The molecular weight excluding hydrogens is 272 g/mol. The number of nitrogens with one attached hydrogen (secondary N) is 1. The summed E-state index contributed by atoms with van der Waals surface area (Å²) >= 11 is 0. The Bertz CT molecular complexity index is 652. The molecule has 4 nitrogen and oxygen atoms in total. The first-order chi connectivity index (χ1) is 9.50. The van der Waals surface area contributed by atoms with Gasteiger partial charge in [0, 0.05) is 24.7 Å². The molecule has 0 spiro atoms. The van der Waals surface area contributed by atoms with Gasteiger partial charge in [0.1, 0.15) is 0 Å². The highest BCUT2D eigenvalue weighted by Gasteiger charge is 2.12. The molecule has 0 amide bonds. The van der Waals surface area contributed by atoms with Gasteiger partial charge in [-0.15, -0.1) is 0 Å². The molecule has 5 heteroatoms. The molecule has 0 aliphatic rings. The summed E-state index contributed by atoms with van der Waals surface area (Å²) in [4.78, 5) is 4.45. The third kappa shape index (κ3) is 3.65. The topological polar surface area (TPSA) is 59.1 Å². The maximum atomic E-state index is 11.5. The number of hydrogen-bond acceptors (Lipinski definition) is 4. The lowest BCUT2D eigenvalue weighted by Crippen LogP contribution is -2.19. The van der Waals surface area contributed by atoms with E-state index in [1.807, 2.05) is 37.5 Å². The Morgan fingerprint density at radius 1 is 1.20 bits per heavy atom. The minimum Gasteiger partial charge on any atom is -0.313 e. The number of hydrogen-bond donors (Lipinski definition) is 1. The van der Waals surface area contributed by atoms with Crippen LogP contribution in [0, 0.1) is 0 Å². The molecule has 0 fully saturated rings. The van der Waals surface area contributed by atoms with Crippen LogP contribution in [0.2, 0.25) is 0 Å². The molecule has 0 bridgehead atoms. The Balaban J connectivity index is 2.20. The van der Waals surface area contributed by atoms with E-state index in [0.29, 0.717) is 4.90 Å². The van der Waals surface area contributed by atoms with Crippen molar-refractivity contribution >= 4 is 9.84 Å². The fourth-order valence-corrected chi connectivity index (χ4v) is 2.72. The predicted molar refractivity (Wildman–Crippen MR) is 79.3 cm³/mol. The second-order valence-corrected chi connectivity index (χ2v) is 6.76. The highest BCUT2D eigenvalue weighted by molar-refractivity contribution is 7.90. The van der Waals surface area contributed by atoms with E-state index in [1.54, 1.807) is 18.3 Å². The van der Waals surface area contributed by atoms with Crippen LogP contribution in [-0.2, 0) is 16.3 Å². The molecule has 1 atom stereocenters. The first-order valence-corrected chi connectivity index (χ1v) is 8.26. The quantitative estimate of drug-likeness (QED) is 0.915. The first-order valence-electron chi connectivity index (χ1n) is 6.37. The Hall–Kier alpha value is -1.72. The van der Waals surface area contributed by atoms with Crippen LogP contribution in [-0.4, -0.2) is 26.7 Å². The average Bonchev–Trinajstić information content (AvgIpc) is 2.45. The Morgan fingerprint density at radius 2 is 1.90 bits per heavy atom. The molecule has 1 N–H and O–H groups in total. The molecule has 0 radical (unpaired) electrons. The fourth-order valence-electron chi connectivity index (χ4n) is 2.09. The maximum Gasteiger partial charge on any atom is 0.175 e. The standard InChI is InChI=1S/C15H18N2O2S/c1-16-15(10-12-4-3-9-17-11-12)13-5-7-14(8-6-13)20(2,18)19/h3-9,11,15-16H,10H2,1-2H3. The van der Waals surface area contributed by atoms with E-state index in [0.717, 1.165) is 17.5 Å². The van der Waals surface area contributed by atoms with Crippen molar-refractivity contribution in [3.63, 3.8) is 0 Å². The van der Waals surface area contributed by atoms with Crippen molar-refractivity contribution < 1.29 is 8.42 Å². The minimum absolute atomic E-state index is 0.132. The van der Waals surface area contributed by atoms with Gasteiger partial charge < -0.3 is 5.32 Å². The summed E-state index contributed by atoms with van der Waals surface area (Å²) in [7, 11) is -1.25. The number of nitrogens with zero attached hydrogens (tertiary/aromatic N) is 1. The van der Waals surface area contributed by atoms with Crippen molar-refractivity contribution in [1.82, 2.24) is 10.3 Å².